The van der Waals surface area contributed by atoms with Crippen molar-refractivity contribution in [2.45, 2.75) is 31.6 Å². The van der Waals surface area contributed by atoms with Crippen molar-refractivity contribution in [1.29, 1.82) is 0 Å². The first-order chi connectivity index (χ1) is 12.0. The van der Waals surface area contributed by atoms with Gasteiger partial charge in [-0.1, -0.05) is 31.5 Å². The summed E-state index contributed by atoms with van der Waals surface area (Å²) < 4.78 is 6.50. The molecule has 1 heterocycles. The minimum Gasteiger partial charge on any atom is -0.496 e. The molecule has 0 spiro atoms. The highest BCUT2D eigenvalue weighted by Crippen LogP contribution is 2.47. The number of rotatable bonds is 4. The van der Waals surface area contributed by atoms with E-state index in [4.69, 9.17) is 4.74 Å². The Hall–Kier alpha value is -1.21. The summed E-state index contributed by atoms with van der Waals surface area (Å²) in [6.07, 6.45) is 1.87. The molecule has 1 aliphatic heterocycles. The summed E-state index contributed by atoms with van der Waals surface area (Å²) in [5.74, 6) is 1.80. The highest BCUT2D eigenvalue weighted by Gasteiger charge is 2.40. The Balaban J connectivity index is 2.20. The average molecular weight is 467 g/mol. The first kappa shape index (κ1) is 18.6. The van der Waals surface area contributed by atoms with Gasteiger partial charge in [0, 0.05) is 16.3 Å². The molecule has 0 saturated carbocycles. The van der Waals surface area contributed by atoms with E-state index in [9.17, 15) is 4.79 Å². The van der Waals surface area contributed by atoms with Crippen molar-refractivity contribution in [3.05, 3.63) is 46.0 Å². The zero-order chi connectivity index (χ0) is 18.0. The molecule has 5 heteroatoms. The molecule has 2 aromatic carbocycles. The fourth-order valence-corrected chi connectivity index (χ4v) is 5.11. The number of para-hydroxylation sites is 1. The number of nitrogens with zero attached hydrogens (tertiary/aromatic N) is 1. The molecule has 0 radical (unpaired) electrons. The smallest absolute Gasteiger partial charge is 0.238 e. The molecule has 2 aromatic rings. The predicted octanol–water partition coefficient (Wildman–Crippen LogP) is 5.88. The van der Waals surface area contributed by atoms with Crippen molar-refractivity contribution >= 4 is 51.6 Å². The van der Waals surface area contributed by atoms with Gasteiger partial charge in [-0.15, -0.1) is 11.8 Å². The summed E-state index contributed by atoms with van der Waals surface area (Å²) >= 11 is 4.02. The van der Waals surface area contributed by atoms with Crippen LogP contribution in [-0.2, 0) is 4.79 Å². The molecule has 132 valence electrons. The van der Waals surface area contributed by atoms with E-state index in [1.54, 1.807) is 18.9 Å². The molecule has 1 aliphatic rings. The van der Waals surface area contributed by atoms with Gasteiger partial charge >= 0.3 is 0 Å². The van der Waals surface area contributed by atoms with Crippen LogP contribution in [0, 0.1) is 8.99 Å². The number of amides is 1. The number of thioether (sulfide) groups is 1. The van der Waals surface area contributed by atoms with E-state index < -0.39 is 0 Å². The van der Waals surface area contributed by atoms with Gasteiger partial charge in [0.1, 0.15) is 5.75 Å². The normalized spacial score (nSPS) is 20.2. The minimum absolute atomic E-state index is 0.174. The molecule has 0 N–H and O–H groups in total. The van der Waals surface area contributed by atoms with Crippen LogP contribution in [0.4, 0.5) is 11.4 Å². The topological polar surface area (TPSA) is 29.5 Å². The summed E-state index contributed by atoms with van der Waals surface area (Å²) in [4.78, 5) is 16.6. The number of benzene rings is 2. The van der Waals surface area contributed by atoms with Gasteiger partial charge in [-0.3, -0.25) is 9.69 Å². The molecule has 0 aliphatic carbocycles. The fraction of sp³-hybridized carbons (Fsp3) is 0.350. The number of fused-ring (bicyclic) bond motifs is 1. The summed E-state index contributed by atoms with van der Waals surface area (Å²) in [6, 6.07) is 14.1. The van der Waals surface area contributed by atoms with Gasteiger partial charge in [0.15, 0.2) is 0 Å². The van der Waals surface area contributed by atoms with Crippen LogP contribution in [-0.4, -0.2) is 18.8 Å². The number of carbonyl (C=O) groups is 1. The van der Waals surface area contributed by atoms with Crippen LogP contribution in [0.2, 0.25) is 0 Å². The third kappa shape index (κ3) is 3.53. The van der Waals surface area contributed by atoms with Gasteiger partial charge in [-0.2, -0.15) is 0 Å². The number of halogens is 1. The Kier molecular flexibility index (Phi) is 5.63. The number of hydrogen-bond acceptors (Lipinski definition) is 3. The van der Waals surface area contributed by atoms with Crippen molar-refractivity contribution in [1.82, 2.24) is 0 Å². The number of hydrogen-bond donors (Lipinski definition) is 0. The van der Waals surface area contributed by atoms with E-state index in [2.05, 4.69) is 48.6 Å². The zero-order valence-corrected chi connectivity index (χ0v) is 17.7. The van der Waals surface area contributed by atoms with Crippen LogP contribution < -0.4 is 9.64 Å². The van der Waals surface area contributed by atoms with Gasteiger partial charge in [0.05, 0.1) is 21.8 Å². The Morgan fingerprint density at radius 1 is 1.28 bits per heavy atom. The molecule has 0 aromatic heterocycles. The largest absolute Gasteiger partial charge is 0.496 e. The van der Waals surface area contributed by atoms with Gasteiger partial charge in [-0.05, 0) is 60.2 Å². The maximum Gasteiger partial charge on any atom is 0.238 e. The van der Waals surface area contributed by atoms with Crippen molar-refractivity contribution in [2.75, 3.05) is 17.8 Å². The van der Waals surface area contributed by atoms with E-state index in [-0.39, 0.29) is 11.3 Å². The van der Waals surface area contributed by atoms with Crippen LogP contribution >= 0.6 is 34.4 Å². The molecule has 0 saturated heterocycles. The maximum absolute atomic E-state index is 13.6. The Morgan fingerprint density at radius 2 is 2.00 bits per heavy atom. The molecular weight excluding hydrogens is 445 g/mol. The number of ether oxygens (including phenoxy) is 1. The minimum atomic E-state index is -0.382. The zero-order valence-electron chi connectivity index (χ0n) is 14.7. The third-order valence-electron chi connectivity index (χ3n) is 4.56. The predicted molar refractivity (Wildman–Crippen MR) is 113 cm³/mol. The highest BCUT2D eigenvalue weighted by atomic mass is 127. The van der Waals surface area contributed by atoms with Crippen molar-refractivity contribution in [2.24, 2.45) is 5.41 Å². The van der Waals surface area contributed by atoms with E-state index in [0.717, 1.165) is 44.2 Å². The van der Waals surface area contributed by atoms with Gasteiger partial charge in [0.25, 0.3) is 0 Å². The van der Waals surface area contributed by atoms with E-state index >= 15 is 0 Å². The van der Waals surface area contributed by atoms with Crippen LogP contribution in [0.5, 0.6) is 5.75 Å². The van der Waals surface area contributed by atoms with Crippen molar-refractivity contribution < 1.29 is 9.53 Å². The fourth-order valence-electron chi connectivity index (χ4n) is 3.21. The van der Waals surface area contributed by atoms with Crippen LogP contribution in [0.1, 0.15) is 26.7 Å². The van der Waals surface area contributed by atoms with Gasteiger partial charge in [-0.25, -0.2) is 0 Å². The molecular formula is C20H22INO2S. The Bertz CT molecular complexity index is 781. The maximum atomic E-state index is 13.6. The summed E-state index contributed by atoms with van der Waals surface area (Å²) in [5, 5.41) is 0. The Labute approximate surface area is 167 Å². The SMILES string of the molecule is CCCC1(C)CSc2cc(OC)c(I)cc2N(c2ccccc2)C1=O. The lowest BCUT2D eigenvalue weighted by Gasteiger charge is -2.32. The average Bonchev–Trinajstić information content (AvgIpc) is 2.71. The number of anilines is 2. The van der Waals surface area contributed by atoms with Crippen molar-refractivity contribution in [3.63, 3.8) is 0 Å². The van der Waals surface area contributed by atoms with Crippen LogP contribution in [0.25, 0.3) is 0 Å². The summed E-state index contributed by atoms with van der Waals surface area (Å²) in [6.45, 7) is 4.23. The second kappa shape index (κ2) is 7.58. The van der Waals surface area contributed by atoms with Crippen LogP contribution in [0.3, 0.4) is 0 Å². The van der Waals surface area contributed by atoms with Crippen molar-refractivity contribution in [3.8, 4) is 5.75 Å². The number of carbonyl (C=O) groups excluding carboxylic acids is 1. The van der Waals surface area contributed by atoms with Gasteiger partial charge in [0.2, 0.25) is 5.91 Å². The lowest BCUT2D eigenvalue weighted by atomic mass is 9.85. The summed E-state index contributed by atoms with van der Waals surface area (Å²) in [5.41, 5.74) is 1.48. The van der Waals surface area contributed by atoms with Gasteiger partial charge < -0.3 is 4.74 Å². The molecule has 1 unspecified atom stereocenters. The third-order valence-corrected chi connectivity index (χ3v) is 6.82. The lowest BCUT2D eigenvalue weighted by Crippen LogP contribution is -2.40. The first-order valence-electron chi connectivity index (χ1n) is 8.40. The molecule has 0 fully saturated rings. The summed E-state index contributed by atoms with van der Waals surface area (Å²) in [7, 11) is 1.69. The van der Waals surface area contributed by atoms with E-state index in [0.29, 0.717) is 0 Å². The molecule has 3 rings (SSSR count). The second-order valence-electron chi connectivity index (χ2n) is 6.53. The molecule has 25 heavy (non-hydrogen) atoms. The molecule has 1 amide bonds. The molecule has 0 bridgehead atoms. The first-order valence-corrected chi connectivity index (χ1v) is 10.5. The Morgan fingerprint density at radius 3 is 2.64 bits per heavy atom. The quantitative estimate of drug-likeness (QED) is 0.527. The standard InChI is InChI=1S/C20H22INO2S/c1-4-10-20(2)13-25-18-12-17(24-3)15(21)11-16(18)22(19(20)23)14-8-6-5-7-9-14/h5-9,11-12H,4,10,13H2,1-3H3. The monoisotopic (exact) mass is 467 g/mol. The highest BCUT2D eigenvalue weighted by molar-refractivity contribution is 14.1. The second-order valence-corrected chi connectivity index (χ2v) is 8.71. The molecule has 3 nitrogen and oxygen atoms in total. The van der Waals surface area contributed by atoms with Crippen LogP contribution in [0.15, 0.2) is 47.4 Å². The van der Waals surface area contributed by atoms with E-state index in [1.165, 1.54) is 0 Å². The lowest BCUT2D eigenvalue weighted by molar-refractivity contribution is -0.125. The number of methoxy groups -OCH3 is 1. The van der Waals surface area contributed by atoms with E-state index in [1.807, 2.05) is 35.2 Å². The molecule has 1 atom stereocenters.